The van der Waals surface area contributed by atoms with Gasteiger partial charge in [0.15, 0.2) is 0 Å². The second kappa shape index (κ2) is 5.95. The van der Waals surface area contributed by atoms with E-state index in [1.54, 1.807) is 0 Å². The number of hydrogen-bond donors (Lipinski definition) is 1. The Labute approximate surface area is 96.1 Å². The maximum absolute atomic E-state index is 4.33. The molecule has 3 nitrogen and oxygen atoms in total. The van der Waals surface area contributed by atoms with Crippen LogP contribution in [0.4, 0.5) is 5.95 Å². The van der Waals surface area contributed by atoms with Gasteiger partial charge < -0.3 is 5.32 Å². The smallest absolute Gasteiger partial charge is 0.223 e. The van der Waals surface area contributed by atoms with Crippen LogP contribution < -0.4 is 5.32 Å². The summed E-state index contributed by atoms with van der Waals surface area (Å²) in [6.07, 6.45) is 3.27. The lowest BCUT2D eigenvalue weighted by atomic mass is 10.3. The Morgan fingerprint density at radius 3 is 2.47 bits per heavy atom. The number of hydrogen-bond acceptors (Lipinski definition) is 4. The first-order valence-electron chi connectivity index (χ1n) is 5.20. The van der Waals surface area contributed by atoms with E-state index in [0.717, 1.165) is 30.3 Å². The lowest BCUT2D eigenvalue weighted by Gasteiger charge is -2.09. The highest BCUT2D eigenvalue weighted by molar-refractivity contribution is 7.99. The molecule has 0 aliphatic carbocycles. The first kappa shape index (κ1) is 12.3. The van der Waals surface area contributed by atoms with E-state index in [1.165, 1.54) is 0 Å². The number of thioether (sulfide) groups is 1. The van der Waals surface area contributed by atoms with Crippen LogP contribution in [-0.2, 0) is 0 Å². The summed E-state index contributed by atoms with van der Waals surface area (Å²) in [7, 11) is 0. The van der Waals surface area contributed by atoms with E-state index in [0.29, 0.717) is 5.25 Å². The lowest BCUT2D eigenvalue weighted by Crippen LogP contribution is -2.10. The van der Waals surface area contributed by atoms with Crippen molar-refractivity contribution in [2.24, 2.45) is 0 Å². The predicted molar refractivity (Wildman–Crippen MR) is 67.6 cm³/mol. The van der Waals surface area contributed by atoms with Crippen molar-refractivity contribution in [3.63, 3.8) is 0 Å². The number of nitrogens with one attached hydrogen (secondary N) is 1. The van der Waals surface area contributed by atoms with E-state index in [-0.39, 0.29) is 0 Å². The highest BCUT2D eigenvalue weighted by Gasteiger charge is 2.01. The van der Waals surface area contributed by atoms with Crippen molar-refractivity contribution < 1.29 is 0 Å². The van der Waals surface area contributed by atoms with E-state index in [9.17, 15) is 0 Å². The molecule has 0 spiro atoms. The summed E-state index contributed by atoms with van der Waals surface area (Å²) in [6, 6.07) is 1.98. The zero-order valence-electron chi connectivity index (χ0n) is 9.87. The SMILES string of the molecule is CSC(C)CCNc1nc(C)cc(C)n1. The fraction of sp³-hybridized carbons (Fsp3) is 0.636. The summed E-state index contributed by atoms with van der Waals surface area (Å²) in [5.74, 6) is 0.751. The van der Waals surface area contributed by atoms with Crippen LogP contribution in [0.15, 0.2) is 6.07 Å². The highest BCUT2D eigenvalue weighted by Crippen LogP contribution is 2.10. The minimum atomic E-state index is 0.684. The summed E-state index contributed by atoms with van der Waals surface area (Å²) >= 11 is 1.89. The molecule has 84 valence electrons. The zero-order valence-corrected chi connectivity index (χ0v) is 10.7. The van der Waals surface area contributed by atoms with Crippen LogP contribution in [0.1, 0.15) is 24.7 Å². The first-order valence-corrected chi connectivity index (χ1v) is 6.49. The summed E-state index contributed by atoms with van der Waals surface area (Å²) in [6.45, 7) is 7.15. The Morgan fingerprint density at radius 2 is 1.93 bits per heavy atom. The van der Waals surface area contributed by atoms with Gasteiger partial charge in [0.25, 0.3) is 0 Å². The van der Waals surface area contributed by atoms with Crippen molar-refractivity contribution >= 4 is 17.7 Å². The molecular weight excluding hydrogens is 206 g/mol. The molecule has 1 rings (SSSR count). The topological polar surface area (TPSA) is 37.8 Å². The number of nitrogens with zero attached hydrogens (tertiary/aromatic N) is 2. The molecule has 1 atom stereocenters. The third-order valence-corrected chi connectivity index (χ3v) is 3.26. The average Bonchev–Trinajstić information content (AvgIpc) is 2.16. The molecule has 1 aromatic heterocycles. The molecule has 0 fully saturated rings. The molecular formula is C11H19N3S. The van der Waals surface area contributed by atoms with Crippen molar-refractivity contribution in [3.8, 4) is 0 Å². The Bertz CT molecular complexity index is 294. The quantitative estimate of drug-likeness (QED) is 0.836. The van der Waals surface area contributed by atoms with E-state index in [2.05, 4.69) is 28.5 Å². The number of aryl methyl sites for hydroxylation is 2. The number of rotatable bonds is 5. The fourth-order valence-corrected chi connectivity index (χ4v) is 1.66. The molecule has 1 aromatic rings. The van der Waals surface area contributed by atoms with Gasteiger partial charge in [0.1, 0.15) is 0 Å². The fourth-order valence-electron chi connectivity index (χ4n) is 1.31. The number of aromatic nitrogens is 2. The van der Waals surface area contributed by atoms with Gasteiger partial charge in [0.05, 0.1) is 0 Å². The minimum absolute atomic E-state index is 0.684. The zero-order chi connectivity index (χ0) is 11.3. The van der Waals surface area contributed by atoms with Crippen LogP contribution in [0.3, 0.4) is 0 Å². The molecule has 0 aliphatic heterocycles. The molecule has 0 aliphatic rings. The highest BCUT2D eigenvalue weighted by atomic mass is 32.2. The largest absolute Gasteiger partial charge is 0.354 e. The molecule has 0 aromatic carbocycles. The maximum atomic E-state index is 4.33. The van der Waals surface area contributed by atoms with Crippen molar-refractivity contribution in [1.82, 2.24) is 9.97 Å². The molecule has 15 heavy (non-hydrogen) atoms. The van der Waals surface area contributed by atoms with Gasteiger partial charge in [0, 0.05) is 23.2 Å². The summed E-state index contributed by atoms with van der Waals surface area (Å²) in [5.41, 5.74) is 2.03. The van der Waals surface area contributed by atoms with Gasteiger partial charge in [-0.25, -0.2) is 9.97 Å². The van der Waals surface area contributed by atoms with Gasteiger partial charge in [-0.1, -0.05) is 6.92 Å². The van der Waals surface area contributed by atoms with E-state index >= 15 is 0 Å². The van der Waals surface area contributed by atoms with Crippen molar-refractivity contribution in [2.45, 2.75) is 32.4 Å². The van der Waals surface area contributed by atoms with Gasteiger partial charge in [0.2, 0.25) is 5.95 Å². The Balaban J connectivity index is 2.43. The third-order valence-electron chi connectivity index (χ3n) is 2.22. The molecule has 1 heterocycles. The van der Waals surface area contributed by atoms with Gasteiger partial charge in [-0.2, -0.15) is 11.8 Å². The van der Waals surface area contributed by atoms with Gasteiger partial charge in [-0.3, -0.25) is 0 Å². The molecule has 0 radical (unpaired) electrons. The second-order valence-electron chi connectivity index (χ2n) is 3.74. The Morgan fingerprint density at radius 1 is 1.33 bits per heavy atom. The second-order valence-corrected chi connectivity index (χ2v) is 5.01. The summed E-state index contributed by atoms with van der Waals surface area (Å²) in [5, 5.41) is 3.94. The Hall–Kier alpha value is -0.770. The number of anilines is 1. The normalized spacial score (nSPS) is 12.5. The molecule has 1 unspecified atom stereocenters. The average molecular weight is 225 g/mol. The minimum Gasteiger partial charge on any atom is -0.354 e. The predicted octanol–water partition coefficient (Wildman–Crippen LogP) is 2.65. The van der Waals surface area contributed by atoms with Crippen LogP contribution in [0, 0.1) is 13.8 Å². The van der Waals surface area contributed by atoms with Crippen LogP contribution in [-0.4, -0.2) is 28.0 Å². The van der Waals surface area contributed by atoms with Crippen LogP contribution in [0.25, 0.3) is 0 Å². The van der Waals surface area contributed by atoms with Gasteiger partial charge in [-0.15, -0.1) is 0 Å². The van der Waals surface area contributed by atoms with E-state index in [1.807, 2.05) is 31.7 Å². The van der Waals surface area contributed by atoms with Crippen molar-refractivity contribution in [1.29, 1.82) is 0 Å². The standard InChI is InChI=1S/C11H19N3S/c1-8-7-9(2)14-11(13-8)12-6-5-10(3)15-4/h7,10H,5-6H2,1-4H3,(H,12,13,14). The summed E-state index contributed by atoms with van der Waals surface area (Å²) < 4.78 is 0. The first-order chi connectivity index (χ1) is 7.11. The third kappa shape index (κ3) is 4.51. The molecule has 1 N–H and O–H groups in total. The lowest BCUT2D eigenvalue weighted by molar-refractivity contribution is 0.841. The van der Waals surface area contributed by atoms with Gasteiger partial charge in [-0.05, 0) is 32.6 Å². The van der Waals surface area contributed by atoms with E-state index < -0.39 is 0 Å². The van der Waals surface area contributed by atoms with Crippen molar-refractivity contribution in [3.05, 3.63) is 17.5 Å². The van der Waals surface area contributed by atoms with Crippen molar-refractivity contribution in [2.75, 3.05) is 18.1 Å². The monoisotopic (exact) mass is 225 g/mol. The molecule has 0 saturated carbocycles. The van der Waals surface area contributed by atoms with Crippen LogP contribution in [0.2, 0.25) is 0 Å². The van der Waals surface area contributed by atoms with E-state index in [4.69, 9.17) is 0 Å². The summed E-state index contributed by atoms with van der Waals surface area (Å²) in [4.78, 5) is 8.66. The molecule has 0 saturated heterocycles. The molecule has 0 amide bonds. The van der Waals surface area contributed by atoms with Crippen LogP contribution >= 0.6 is 11.8 Å². The molecule has 0 bridgehead atoms. The Kier molecular flexibility index (Phi) is 4.88. The van der Waals surface area contributed by atoms with Crippen LogP contribution in [0.5, 0.6) is 0 Å². The molecule has 4 heteroatoms. The van der Waals surface area contributed by atoms with Gasteiger partial charge >= 0.3 is 0 Å². The maximum Gasteiger partial charge on any atom is 0.223 e.